The van der Waals surface area contributed by atoms with Gasteiger partial charge in [-0.25, -0.2) is 0 Å². The normalized spacial score (nSPS) is 29.4. The Morgan fingerprint density at radius 2 is 1.64 bits per heavy atom. The minimum absolute atomic E-state index is 0.921. The zero-order valence-electron chi connectivity index (χ0n) is 10.3. The standard InChI is InChI=1S/C13H27N/c1-4-5-6-7-8-14-10-12(2)9-13(3)11-14/h12-13H,4-11H2,1-3H3. The highest BCUT2D eigenvalue weighted by Crippen LogP contribution is 2.21. The van der Waals surface area contributed by atoms with Crippen molar-refractivity contribution in [1.82, 2.24) is 4.90 Å². The van der Waals surface area contributed by atoms with E-state index in [0.717, 1.165) is 11.8 Å². The highest BCUT2D eigenvalue weighted by atomic mass is 15.1. The third-order valence-electron chi connectivity index (χ3n) is 3.27. The van der Waals surface area contributed by atoms with Crippen molar-refractivity contribution in [3.63, 3.8) is 0 Å². The molecule has 0 spiro atoms. The van der Waals surface area contributed by atoms with Gasteiger partial charge in [0.15, 0.2) is 0 Å². The molecule has 2 atom stereocenters. The number of piperidine rings is 1. The van der Waals surface area contributed by atoms with Crippen molar-refractivity contribution in [2.45, 2.75) is 52.9 Å². The third kappa shape index (κ3) is 4.45. The molecule has 1 heterocycles. The second-order valence-corrected chi connectivity index (χ2v) is 5.27. The first-order valence-electron chi connectivity index (χ1n) is 6.44. The highest BCUT2D eigenvalue weighted by Gasteiger charge is 2.20. The van der Waals surface area contributed by atoms with Crippen molar-refractivity contribution in [3.8, 4) is 0 Å². The van der Waals surface area contributed by atoms with Gasteiger partial charge in [-0.15, -0.1) is 0 Å². The van der Waals surface area contributed by atoms with Crippen molar-refractivity contribution in [2.75, 3.05) is 19.6 Å². The van der Waals surface area contributed by atoms with Gasteiger partial charge in [0.2, 0.25) is 0 Å². The molecule has 0 aromatic carbocycles. The van der Waals surface area contributed by atoms with Crippen molar-refractivity contribution in [3.05, 3.63) is 0 Å². The number of likely N-dealkylation sites (tertiary alicyclic amines) is 1. The van der Waals surface area contributed by atoms with Crippen molar-refractivity contribution < 1.29 is 0 Å². The summed E-state index contributed by atoms with van der Waals surface area (Å²) >= 11 is 0. The lowest BCUT2D eigenvalue weighted by molar-refractivity contribution is 0.139. The predicted molar refractivity (Wildman–Crippen MR) is 63.5 cm³/mol. The van der Waals surface area contributed by atoms with Gasteiger partial charge in [0.1, 0.15) is 0 Å². The first-order chi connectivity index (χ1) is 6.72. The van der Waals surface area contributed by atoms with Gasteiger partial charge in [-0.2, -0.15) is 0 Å². The lowest BCUT2D eigenvalue weighted by Gasteiger charge is -2.34. The average Bonchev–Trinajstić information content (AvgIpc) is 2.11. The molecule has 0 N–H and O–H groups in total. The second-order valence-electron chi connectivity index (χ2n) is 5.27. The van der Waals surface area contributed by atoms with Crippen LogP contribution in [0.4, 0.5) is 0 Å². The number of nitrogens with zero attached hydrogens (tertiary/aromatic N) is 1. The molecule has 2 unspecified atom stereocenters. The molecule has 84 valence electrons. The Morgan fingerprint density at radius 3 is 2.21 bits per heavy atom. The maximum atomic E-state index is 2.68. The van der Waals surface area contributed by atoms with E-state index >= 15 is 0 Å². The van der Waals surface area contributed by atoms with Crippen molar-refractivity contribution in [1.29, 1.82) is 0 Å². The average molecular weight is 197 g/mol. The first kappa shape index (κ1) is 12.0. The first-order valence-corrected chi connectivity index (χ1v) is 6.44. The molecule has 0 bridgehead atoms. The van der Waals surface area contributed by atoms with Gasteiger partial charge in [-0.3, -0.25) is 0 Å². The summed E-state index contributed by atoms with van der Waals surface area (Å²) in [6.45, 7) is 11.1. The van der Waals surface area contributed by atoms with Gasteiger partial charge in [-0.05, 0) is 31.2 Å². The Kier molecular flexibility index (Phi) is 5.54. The summed E-state index contributed by atoms with van der Waals surface area (Å²) in [6, 6.07) is 0. The molecule has 0 aliphatic carbocycles. The zero-order chi connectivity index (χ0) is 10.4. The molecule has 1 fully saturated rings. The van der Waals surface area contributed by atoms with E-state index in [2.05, 4.69) is 25.7 Å². The topological polar surface area (TPSA) is 3.24 Å². The van der Waals surface area contributed by atoms with Crippen LogP contribution in [0.2, 0.25) is 0 Å². The summed E-state index contributed by atoms with van der Waals surface area (Å²) in [5, 5.41) is 0. The largest absolute Gasteiger partial charge is 0.303 e. The molecule has 1 saturated heterocycles. The van der Waals surface area contributed by atoms with E-state index in [1.165, 1.54) is 51.7 Å². The molecule has 1 aliphatic rings. The van der Waals surface area contributed by atoms with E-state index in [0.29, 0.717) is 0 Å². The van der Waals surface area contributed by atoms with Crippen LogP contribution in [0, 0.1) is 11.8 Å². The maximum absolute atomic E-state index is 2.68. The summed E-state index contributed by atoms with van der Waals surface area (Å²) in [4.78, 5) is 2.68. The summed E-state index contributed by atoms with van der Waals surface area (Å²) < 4.78 is 0. The molecule has 1 nitrogen and oxygen atoms in total. The van der Waals surface area contributed by atoms with E-state index in [9.17, 15) is 0 Å². The summed E-state index contributed by atoms with van der Waals surface area (Å²) in [7, 11) is 0. The fourth-order valence-corrected chi connectivity index (χ4v) is 2.74. The molecular formula is C13H27N. The van der Waals surface area contributed by atoms with Gasteiger partial charge in [-0.1, -0.05) is 40.0 Å². The van der Waals surface area contributed by atoms with Crippen molar-refractivity contribution in [2.24, 2.45) is 11.8 Å². The Labute approximate surface area is 89.9 Å². The fourth-order valence-electron chi connectivity index (χ4n) is 2.74. The van der Waals surface area contributed by atoms with Crippen LogP contribution >= 0.6 is 0 Å². The Morgan fingerprint density at radius 1 is 1.00 bits per heavy atom. The second kappa shape index (κ2) is 6.44. The third-order valence-corrected chi connectivity index (χ3v) is 3.27. The van der Waals surface area contributed by atoms with E-state index in [1.54, 1.807) is 0 Å². The van der Waals surface area contributed by atoms with E-state index in [-0.39, 0.29) is 0 Å². The molecule has 0 amide bonds. The molecule has 0 radical (unpaired) electrons. The van der Waals surface area contributed by atoms with E-state index in [4.69, 9.17) is 0 Å². The lowest BCUT2D eigenvalue weighted by atomic mass is 9.92. The van der Waals surface area contributed by atoms with Gasteiger partial charge in [0, 0.05) is 13.1 Å². The minimum Gasteiger partial charge on any atom is -0.303 e. The maximum Gasteiger partial charge on any atom is 0.000724 e. The zero-order valence-corrected chi connectivity index (χ0v) is 10.3. The van der Waals surface area contributed by atoms with E-state index in [1.807, 2.05) is 0 Å². The van der Waals surface area contributed by atoms with Gasteiger partial charge in [0.05, 0.1) is 0 Å². The highest BCUT2D eigenvalue weighted by molar-refractivity contribution is 4.74. The van der Waals surface area contributed by atoms with Crippen LogP contribution in [0.3, 0.4) is 0 Å². The van der Waals surface area contributed by atoms with Crippen LogP contribution in [0.15, 0.2) is 0 Å². The molecule has 1 rings (SSSR count). The number of rotatable bonds is 5. The van der Waals surface area contributed by atoms with E-state index < -0.39 is 0 Å². The SMILES string of the molecule is CCCCCCN1CC(C)CC(C)C1. The van der Waals surface area contributed by atoms with Crippen LogP contribution in [-0.4, -0.2) is 24.5 Å². The number of unbranched alkanes of at least 4 members (excludes halogenated alkanes) is 3. The molecule has 1 heteroatoms. The van der Waals surface area contributed by atoms with Gasteiger partial charge >= 0.3 is 0 Å². The molecular weight excluding hydrogens is 170 g/mol. The molecule has 0 aromatic heterocycles. The Balaban J connectivity index is 2.10. The monoisotopic (exact) mass is 197 g/mol. The van der Waals surface area contributed by atoms with Crippen LogP contribution in [0.1, 0.15) is 52.9 Å². The number of hydrogen-bond donors (Lipinski definition) is 0. The Bertz CT molecular complexity index is 134. The van der Waals surface area contributed by atoms with Crippen LogP contribution in [0.25, 0.3) is 0 Å². The van der Waals surface area contributed by atoms with Crippen LogP contribution in [-0.2, 0) is 0 Å². The van der Waals surface area contributed by atoms with Crippen LogP contribution < -0.4 is 0 Å². The molecule has 14 heavy (non-hydrogen) atoms. The minimum atomic E-state index is 0.921. The summed E-state index contributed by atoms with van der Waals surface area (Å²) in [5.41, 5.74) is 0. The molecule has 0 saturated carbocycles. The van der Waals surface area contributed by atoms with Gasteiger partial charge < -0.3 is 4.90 Å². The summed E-state index contributed by atoms with van der Waals surface area (Å²) in [5.74, 6) is 1.84. The quantitative estimate of drug-likeness (QED) is 0.609. The summed E-state index contributed by atoms with van der Waals surface area (Å²) in [6.07, 6.45) is 7.04. The van der Waals surface area contributed by atoms with Crippen LogP contribution in [0.5, 0.6) is 0 Å². The number of hydrogen-bond acceptors (Lipinski definition) is 1. The van der Waals surface area contributed by atoms with Crippen molar-refractivity contribution >= 4 is 0 Å². The lowest BCUT2D eigenvalue weighted by Crippen LogP contribution is -2.39. The molecule has 0 aromatic rings. The Hall–Kier alpha value is -0.0400. The van der Waals surface area contributed by atoms with Gasteiger partial charge in [0.25, 0.3) is 0 Å². The predicted octanol–water partition coefficient (Wildman–Crippen LogP) is 3.54. The fraction of sp³-hybridized carbons (Fsp3) is 1.00. The molecule has 1 aliphatic heterocycles. The smallest absolute Gasteiger partial charge is 0.000724 e.